The van der Waals surface area contributed by atoms with Gasteiger partial charge in [0.1, 0.15) is 11.7 Å². The Balaban J connectivity index is 2.66. The second-order valence-electron chi connectivity index (χ2n) is 5.56. The van der Waals surface area contributed by atoms with Crippen molar-refractivity contribution in [3.8, 4) is 11.8 Å². The molecule has 22 heavy (non-hydrogen) atoms. The molecule has 0 aliphatic carbocycles. The van der Waals surface area contributed by atoms with E-state index < -0.39 is 5.92 Å². The fourth-order valence-electron chi connectivity index (χ4n) is 2.67. The predicted octanol–water partition coefficient (Wildman–Crippen LogP) is 3.39. The molecule has 4 nitrogen and oxygen atoms in total. The summed E-state index contributed by atoms with van der Waals surface area (Å²) in [4.78, 5) is 13.9. The summed E-state index contributed by atoms with van der Waals surface area (Å²) in [6.07, 6.45) is 0.415. The van der Waals surface area contributed by atoms with Crippen molar-refractivity contribution in [1.82, 2.24) is 4.90 Å². The Hall–Kier alpha value is -2.02. The molecular weight excluding hydrogens is 276 g/mol. The average molecular weight is 302 g/mol. The van der Waals surface area contributed by atoms with Gasteiger partial charge in [-0.05, 0) is 45.7 Å². The van der Waals surface area contributed by atoms with Gasteiger partial charge in [0.2, 0.25) is 5.91 Å². The summed E-state index contributed by atoms with van der Waals surface area (Å²) < 4.78 is 5.83. The fraction of sp³-hybridized carbons (Fsp3) is 0.556. The van der Waals surface area contributed by atoms with E-state index >= 15 is 0 Å². The molecule has 4 heteroatoms. The van der Waals surface area contributed by atoms with Crippen LogP contribution in [0.4, 0.5) is 0 Å². The average Bonchev–Trinajstić information content (AvgIpc) is 2.46. The zero-order valence-electron chi connectivity index (χ0n) is 14.3. The Morgan fingerprint density at radius 1 is 1.23 bits per heavy atom. The van der Waals surface area contributed by atoms with Gasteiger partial charge in [0.05, 0.1) is 12.7 Å². The van der Waals surface area contributed by atoms with Gasteiger partial charge in [-0.15, -0.1) is 0 Å². The molecule has 0 aromatic heterocycles. The summed E-state index contributed by atoms with van der Waals surface area (Å²) >= 11 is 0. The van der Waals surface area contributed by atoms with Crippen molar-refractivity contribution in [2.24, 2.45) is 5.92 Å². The van der Waals surface area contributed by atoms with Gasteiger partial charge in [-0.25, -0.2) is 0 Å². The Morgan fingerprint density at radius 2 is 1.77 bits per heavy atom. The number of benzene rings is 1. The molecule has 0 heterocycles. The van der Waals surface area contributed by atoms with Crippen molar-refractivity contribution in [1.29, 1.82) is 5.26 Å². The van der Waals surface area contributed by atoms with Crippen molar-refractivity contribution in [3.63, 3.8) is 0 Å². The number of carbonyl (C=O) groups is 1. The van der Waals surface area contributed by atoms with Crippen LogP contribution < -0.4 is 4.74 Å². The van der Waals surface area contributed by atoms with Crippen LogP contribution in [-0.4, -0.2) is 30.5 Å². The molecule has 0 N–H and O–H groups in total. The lowest BCUT2D eigenvalue weighted by molar-refractivity contribution is -0.133. The van der Waals surface area contributed by atoms with E-state index in [2.05, 4.69) is 25.1 Å². The minimum Gasteiger partial charge on any atom is -0.493 e. The largest absolute Gasteiger partial charge is 0.493 e. The van der Waals surface area contributed by atoms with Crippen LogP contribution in [0.25, 0.3) is 0 Å². The molecule has 0 fully saturated rings. The molecule has 0 saturated carbocycles. The van der Waals surface area contributed by atoms with E-state index in [1.165, 1.54) is 5.56 Å². The lowest BCUT2D eigenvalue weighted by Crippen LogP contribution is -2.36. The SMILES string of the molecule is CCN(CC)C(=O)C(C#N)CCOc1c(C)cc(C)cc1C. The number of hydrogen-bond donors (Lipinski definition) is 0. The minimum absolute atomic E-state index is 0.103. The molecule has 0 bridgehead atoms. The van der Waals surface area contributed by atoms with Crippen molar-refractivity contribution in [3.05, 3.63) is 28.8 Å². The first-order valence-electron chi connectivity index (χ1n) is 7.83. The molecule has 0 aliphatic rings. The van der Waals surface area contributed by atoms with Crippen molar-refractivity contribution >= 4 is 5.91 Å². The zero-order valence-corrected chi connectivity index (χ0v) is 14.3. The van der Waals surface area contributed by atoms with Gasteiger partial charge in [-0.1, -0.05) is 17.7 Å². The van der Waals surface area contributed by atoms with E-state index in [0.717, 1.165) is 16.9 Å². The van der Waals surface area contributed by atoms with E-state index in [1.54, 1.807) is 4.90 Å². The van der Waals surface area contributed by atoms with E-state index in [0.29, 0.717) is 26.1 Å². The van der Waals surface area contributed by atoms with Crippen LogP contribution in [0.2, 0.25) is 0 Å². The monoisotopic (exact) mass is 302 g/mol. The standard InChI is InChI=1S/C18H26N2O2/c1-6-20(7-2)18(21)16(12-19)8-9-22-17-14(4)10-13(3)11-15(17)5/h10-11,16H,6-9H2,1-5H3. The Labute approximate surface area is 133 Å². The molecule has 1 aromatic rings. The molecule has 120 valence electrons. The van der Waals surface area contributed by atoms with Crippen LogP contribution in [0.5, 0.6) is 5.75 Å². The second kappa shape index (κ2) is 8.43. The maximum Gasteiger partial charge on any atom is 0.240 e. The van der Waals surface area contributed by atoms with E-state index in [9.17, 15) is 10.1 Å². The molecule has 0 spiro atoms. The van der Waals surface area contributed by atoms with E-state index in [1.807, 2.05) is 27.7 Å². The molecule has 0 saturated heterocycles. The first-order chi connectivity index (χ1) is 10.4. The van der Waals surface area contributed by atoms with Gasteiger partial charge < -0.3 is 9.64 Å². The van der Waals surface area contributed by atoms with Gasteiger partial charge in [0, 0.05) is 19.5 Å². The topological polar surface area (TPSA) is 53.3 Å². The smallest absolute Gasteiger partial charge is 0.240 e. The number of nitrogens with zero attached hydrogens (tertiary/aromatic N) is 2. The van der Waals surface area contributed by atoms with Crippen molar-refractivity contribution < 1.29 is 9.53 Å². The molecule has 1 rings (SSSR count). The van der Waals surface area contributed by atoms with Gasteiger partial charge in [0.15, 0.2) is 0 Å². The fourth-order valence-corrected chi connectivity index (χ4v) is 2.67. The van der Waals surface area contributed by atoms with Crippen LogP contribution in [0.1, 0.15) is 37.0 Å². The van der Waals surface area contributed by atoms with Crippen molar-refractivity contribution in [2.75, 3.05) is 19.7 Å². The number of carbonyl (C=O) groups excluding carboxylic acids is 1. The Bertz CT molecular complexity index is 534. The number of aryl methyl sites for hydroxylation is 3. The number of hydrogen-bond acceptors (Lipinski definition) is 3. The molecule has 1 unspecified atom stereocenters. The summed E-state index contributed by atoms with van der Waals surface area (Å²) in [7, 11) is 0. The van der Waals surface area contributed by atoms with Gasteiger partial charge in [0.25, 0.3) is 0 Å². The molecule has 1 aromatic carbocycles. The van der Waals surface area contributed by atoms with Gasteiger partial charge >= 0.3 is 0 Å². The highest BCUT2D eigenvalue weighted by Crippen LogP contribution is 2.25. The van der Waals surface area contributed by atoms with Crippen LogP contribution >= 0.6 is 0 Å². The van der Waals surface area contributed by atoms with Crippen LogP contribution in [0.15, 0.2) is 12.1 Å². The highest BCUT2D eigenvalue weighted by Gasteiger charge is 2.22. The quantitative estimate of drug-likeness (QED) is 0.776. The summed E-state index contributed by atoms with van der Waals surface area (Å²) in [6, 6.07) is 6.25. The maximum absolute atomic E-state index is 12.2. The van der Waals surface area contributed by atoms with Crippen molar-refractivity contribution in [2.45, 2.75) is 41.0 Å². The molecular formula is C18H26N2O2. The third-order valence-corrected chi connectivity index (χ3v) is 3.79. The maximum atomic E-state index is 12.2. The number of amides is 1. The van der Waals surface area contributed by atoms with Gasteiger partial charge in [-0.2, -0.15) is 5.26 Å². The minimum atomic E-state index is -0.633. The third-order valence-electron chi connectivity index (χ3n) is 3.79. The summed E-state index contributed by atoms with van der Waals surface area (Å²) in [5.74, 6) is 0.122. The zero-order chi connectivity index (χ0) is 16.7. The highest BCUT2D eigenvalue weighted by atomic mass is 16.5. The first kappa shape index (κ1) is 18.0. The molecule has 1 amide bonds. The van der Waals surface area contributed by atoms with Crippen LogP contribution in [-0.2, 0) is 4.79 Å². The number of ether oxygens (including phenoxy) is 1. The summed E-state index contributed by atoms with van der Waals surface area (Å²) in [5, 5.41) is 9.23. The lowest BCUT2D eigenvalue weighted by Gasteiger charge is -2.21. The first-order valence-corrected chi connectivity index (χ1v) is 7.83. The normalized spacial score (nSPS) is 11.6. The van der Waals surface area contributed by atoms with E-state index in [-0.39, 0.29) is 5.91 Å². The lowest BCUT2D eigenvalue weighted by atomic mass is 10.1. The van der Waals surface area contributed by atoms with Crippen LogP contribution in [0, 0.1) is 38.0 Å². The number of rotatable bonds is 7. The highest BCUT2D eigenvalue weighted by molar-refractivity contribution is 5.81. The van der Waals surface area contributed by atoms with E-state index in [4.69, 9.17) is 4.74 Å². The Kier molecular flexibility index (Phi) is 6.91. The Morgan fingerprint density at radius 3 is 2.23 bits per heavy atom. The molecule has 1 atom stereocenters. The predicted molar refractivity (Wildman–Crippen MR) is 87.8 cm³/mol. The summed E-state index contributed by atoms with van der Waals surface area (Å²) in [6.45, 7) is 11.6. The molecule has 0 aliphatic heterocycles. The van der Waals surface area contributed by atoms with Gasteiger partial charge in [-0.3, -0.25) is 4.79 Å². The summed E-state index contributed by atoms with van der Waals surface area (Å²) in [5.41, 5.74) is 3.37. The van der Waals surface area contributed by atoms with Crippen LogP contribution in [0.3, 0.4) is 0 Å². The number of nitriles is 1. The second-order valence-corrected chi connectivity index (χ2v) is 5.56. The molecule has 0 radical (unpaired) electrons. The third kappa shape index (κ3) is 4.49.